The zero-order chi connectivity index (χ0) is 15.2. The highest BCUT2D eigenvalue weighted by Gasteiger charge is 2.11. The van der Waals surface area contributed by atoms with Gasteiger partial charge in [0.15, 0.2) is 17.3 Å². The van der Waals surface area contributed by atoms with Crippen LogP contribution in [-0.4, -0.2) is 25.8 Å². The van der Waals surface area contributed by atoms with E-state index in [1.807, 2.05) is 0 Å². The first-order valence-electron chi connectivity index (χ1n) is 6.27. The Labute approximate surface area is 127 Å². The molecule has 0 aliphatic rings. The van der Waals surface area contributed by atoms with Crippen LogP contribution in [-0.2, 0) is 0 Å². The van der Waals surface area contributed by atoms with E-state index in [-0.39, 0.29) is 17.4 Å². The molecule has 5 heteroatoms. The van der Waals surface area contributed by atoms with Crippen LogP contribution in [0.4, 0.5) is 4.39 Å². The van der Waals surface area contributed by atoms with Gasteiger partial charge in [0.2, 0.25) is 0 Å². The number of carbonyl (C=O) groups is 1. The highest BCUT2D eigenvalue weighted by molar-refractivity contribution is 8.00. The topological polar surface area (TPSA) is 35.5 Å². The summed E-state index contributed by atoms with van der Waals surface area (Å²) in [6.45, 7) is 0. The summed E-state index contributed by atoms with van der Waals surface area (Å²) >= 11 is 1.37. The first-order chi connectivity index (χ1) is 10.1. The van der Waals surface area contributed by atoms with E-state index in [2.05, 4.69) is 0 Å². The fraction of sp³-hybridized carbons (Fsp3) is 0.188. The third kappa shape index (κ3) is 3.98. The summed E-state index contributed by atoms with van der Waals surface area (Å²) in [4.78, 5) is 13.0. The van der Waals surface area contributed by atoms with Gasteiger partial charge in [-0.05, 0) is 42.5 Å². The highest BCUT2D eigenvalue weighted by atomic mass is 32.2. The maximum atomic E-state index is 12.8. The van der Waals surface area contributed by atoms with Crippen LogP contribution in [0.1, 0.15) is 10.4 Å². The minimum Gasteiger partial charge on any atom is -0.493 e. The Morgan fingerprint density at radius 3 is 2.33 bits per heavy atom. The van der Waals surface area contributed by atoms with E-state index in [1.165, 1.54) is 31.0 Å². The third-order valence-corrected chi connectivity index (χ3v) is 3.90. The molecule has 0 aliphatic carbocycles. The number of hydrogen-bond acceptors (Lipinski definition) is 4. The van der Waals surface area contributed by atoms with Crippen molar-refractivity contribution in [2.75, 3.05) is 20.0 Å². The van der Waals surface area contributed by atoms with Crippen molar-refractivity contribution in [1.29, 1.82) is 0 Å². The summed E-state index contributed by atoms with van der Waals surface area (Å²) in [6, 6.07) is 11.1. The second-order valence-electron chi connectivity index (χ2n) is 4.24. The van der Waals surface area contributed by atoms with E-state index in [9.17, 15) is 9.18 Å². The number of hydrogen-bond donors (Lipinski definition) is 0. The number of halogens is 1. The van der Waals surface area contributed by atoms with Crippen molar-refractivity contribution < 1.29 is 18.7 Å². The van der Waals surface area contributed by atoms with Gasteiger partial charge in [0, 0.05) is 10.5 Å². The predicted molar refractivity (Wildman–Crippen MR) is 81.0 cm³/mol. The molecule has 2 aromatic rings. The van der Waals surface area contributed by atoms with Crippen LogP contribution < -0.4 is 9.47 Å². The van der Waals surface area contributed by atoms with E-state index in [0.717, 1.165) is 4.90 Å². The van der Waals surface area contributed by atoms with Crippen LogP contribution in [0.2, 0.25) is 0 Å². The van der Waals surface area contributed by atoms with Crippen LogP contribution in [0, 0.1) is 5.82 Å². The Morgan fingerprint density at radius 2 is 1.71 bits per heavy atom. The second-order valence-corrected chi connectivity index (χ2v) is 5.28. The third-order valence-electron chi connectivity index (χ3n) is 2.89. The van der Waals surface area contributed by atoms with Gasteiger partial charge in [0.1, 0.15) is 5.82 Å². The van der Waals surface area contributed by atoms with Gasteiger partial charge in [-0.15, -0.1) is 11.8 Å². The highest BCUT2D eigenvalue weighted by Crippen LogP contribution is 2.28. The fourth-order valence-corrected chi connectivity index (χ4v) is 2.57. The molecule has 110 valence electrons. The van der Waals surface area contributed by atoms with Crippen molar-refractivity contribution in [3.8, 4) is 11.5 Å². The van der Waals surface area contributed by atoms with Gasteiger partial charge in [-0.3, -0.25) is 4.79 Å². The Kier molecular flexibility index (Phi) is 5.22. The Bertz CT molecular complexity index is 626. The Balaban J connectivity index is 2.04. The monoisotopic (exact) mass is 306 g/mol. The van der Waals surface area contributed by atoms with E-state index < -0.39 is 0 Å². The normalized spacial score (nSPS) is 10.2. The maximum Gasteiger partial charge on any atom is 0.173 e. The zero-order valence-corrected chi connectivity index (χ0v) is 12.6. The van der Waals surface area contributed by atoms with Gasteiger partial charge in [-0.1, -0.05) is 0 Å². The lowest BCUT2D eigenvalue weighted by molar-refractivity contribution is 0.102. The molecule has 0 saturated carbocycles. The molecular formula is C16H15FO3S. The summed E-state index contributed by atoms with van der Waals surface area (Å²) in [5, 5.41) is 0. The molecule has 0 atom stereocenters. The predicted octanol–water partition coefficient (Wildman–Crippen LogP) is 3.82. The standard InChI is InChI=1S/C16H15FO3S/c1-19-15-8-3-11(9-16(15)20-2)14(18)10-21-13-6-4-12(17)5-7-13/h3-9H,10H2,1-2H3. The molecule has 2 rings (SSSR count). The lowest BCUT2D eigenvalue weighted by atomic mass is 10.1. The summed E-state index contributed by atoms with van der Waals surface area (Å²) in [5.41, 5.74) is 0.558. The number of ether oxygens (including phenoxy) is 2. The Hall–Kier alpha value is -2.01. The molecular weight excluding hydrogens is 291 g/mol. The smallest absolute Gasteiger partial charge is 0.173 e. The molecule has 0 heterocycles. The quantitative estimate of drug-likeness (QED) is 0.600. The van der Waals surface area contributed by atoms with Gasteiger partial charge in [-0.2, -0.15) is 0 Å². The molecule has 3 nitrogen and oxygen atoms in total. The van der Waals surface area contributed by atoms with Crippen molar-refractivity contribution in [2.45, 2.75) is 4.90 Å². The van der Waals surface area contributed by atoms with Gasteiger partial charge < -0.3 is 9.47 Å². The average Bonchev–Trinajstić information content (AvgIpc) is 2.53. The van der Waals surface area contributed by atoms with Crippen LogP contribution in [0.15, 0.2) is 47.4 Å². The van der Waals surface area contributed by atoms with Crippen molar-refractivity contribution in [3.63, 3.8) is 0 Å². The van der Waals surface area contributed by atoms with Crippen LogP contribution in [0.25, 0.3) is 0 Å². The number of Topliss-reactive ketones (excluding diaryl/α,β-unsaturated/α-hetero) is 1. The number of carbonyl (C=O) groups excluding carboxylic acids is 1. The largest absolute Gasteiger partial charge is 0.493 e. The van der Waals surface area contributed by atoms with Crippen molar-refractivity contribution >= 4 is 17.5 Å². The molecule has 0 fully saturated rings. The van der Waals surface area contributed by atoms with Gasteiger partial charge in [0.05, 0.1) is 20.0 Å². The van der Waals surface area contributed by atoms with Crippen LogP contribution >= 0.6 is 11.8 Å². The molecule has 0 saturated heterocycles. The van der Waals surface area contributed by atoms with Gasteiger partial charge in [-0.25, -0.2) is 4.39 Å². The molecule has 0 spiro atoms. The van der Waals surface area contributed by atoms with Crippen molar-refractivity contribution in [2.24, 2.45) is 0 Å². The molecule has 2 aromatic carbocycles. The molecule has 0 bridgehead atoms. The van der Waals surface area contributed by atoms with E-state index in [1.54, 1.807) is 37.4 Å². The van der Waals surface area contributed by atoms with Gasteiger partial charge >= 0.3 is 0 Å². The van der Waals surface area contributed by atoms with E-state index in [0.29, 0.717) is 17.1 Å². The Morgan fingerprint density at radius 1 is 1.05 bits per heavy atom. The zero-order valence-electron chi connectivity index (χ0n) is 11.8. The first-order valence-corrected chi connectivity index (χ1v) is 7.26. The lowest BCUT2D eigenvalue weighted by Crippen LogP contribution is -2.03. The number of benzene rings is 2. The molecule has 0 aromatic heterocycles. The number of rotatable bonds is 6. The summed E-state index contributed by atoms with van der Waals surface area (Å²) in [5.74, 6) is 1.08. The molecule has 0 unspecified atom stereocenters. The molecule has 21 heavy (non-hydrogen) atoms. The minimum atomic E-state index is -0.287. The van der Waals surface area contributed by atoms with E-state index >= 15 is 0 Å². The number of ketones is 1. The molecule has 0 radical (unpaired) electrons. The second kappa shape index (κ2) is 7.13. The minimum absolute atomic E-state index is 0.0229. The average molecular weight is 306 g/mol. The SMILES string of the molecule is COc1ccc(C(=O)CSc2ccc(F)cc2)cc1OC. The van der Waals surface area contributed by atoms with Crippen molar-refractivity contribution in [1.82, 2.24) is 0 Å². The fourth-order valence-electron chi connectivity index (χ4n) is 1.77. The molecule has 0 aliphatic heterocycles. The van der Waals surface area contributed by atoms with Crippen LogP contribution in [0.3, 0.4) is 0 Å². The number of thioether (sulfide) groups is 1. The summed E-state index contributed by atoms with van der Waals surface area (Å²) in [7, 11) is 3.07. The van der Waals surface area contributed by atoms with Crippen molar-refractivity contribution in [3.05, 3.63) is 53.8 Å². The molecule has 0 N–H and O–H groups in total. The maximum absolute atomic E-state index is 12.8. The first kappa shape index (κ1) is 15.4. The van der Waals surface area contributed by atoms with E-state index in [4.69, 9.17) is 9.47 Å². The summed E-state index contributed by atoms with van der Waals surface area (Å²) in [6.07, 6.45) is 0. The van der Waals surface area contributed by atoms with Crippen LogP contribution in [0.5, 0.6) is 11.5 Å². The molecule has 0 amide bonds. The lowest BCUT2D eigenvalue weighted by Gasteiger charge is -2.09. The van der Waals surface area contributed by atoms with Gasteiger partial charge in [0.25, 0.3) is 0 Å². The summed E-state index contributed by atoms with van der Waals surface area (Å²) < 4.78 is 23.1. The number of methoxy groups -OCH3 is 2.